The number of para-hydroxylation sites is 1. The van der Waals surface area contributed by atoms with Crippen LogP contribution in [0.4, 0.5) is 0 Å². The fraction of sp³-hybridized carbons (Fsp3) is 0.182. The number of nitrogens with zero attached hydrogens (tertiary/aromatic N) is 2. The van der Waals surface area contributed by atoms with Gasteiger partial charge in [0.1, 0.15) is 5.69 Å². The Bertz CT molecular complexity index is 1160. The molecular formula is C22H19ClN2O2. The lowest BCUT2D eigenvalue weighted by Gasteiger charge is -2.10. The molecule has 0 atom stereocenters. The number of hydrogen-bond acceptors (Lipinski definition) is 3. The summed E-state index contributed by atoms with van der Waals surface area (Å²) in [5, 5.41) is 2.81. The molecule has 5 heteroatoms. The number of ether oxygens (including phenoxy) is 1. The van der Waals surface area contributed by atoms with E-state index in [1.165, 1.54) is 0 Å². The molecule has 0 saturated carbocycles. The van der Waals surface area contributed by atoms with Gasteiger partial charge in [-0.25, -0.2) is 9.78 Å². The zero-order valence-corrected chi connectivity index (χ0v) is 16.0. The minimum Gasteiger partial charge on any atom is -0.461 e. The number of fused-ring (bicyclic) bond motifs is 3. The van der Waals surface area contributed by atoms with Crippen molar-refractivity contribution in [3.8, 4) is 0 Å². The first kappa shape index (κ1) is 17.6. The average Bonchev–Trinajstić information content (AvgIpc) is 2.97. The van der Waals surface area contributed by atoms with Crippen molar-refractivity contribution in [1.29, 1.82) is 0 Å². The summed E-state index contributed by atoms with van der Waals surface area (Å²) in [6.45, 7) is 4.72. The molecule has 136 valence electrons. The highest BCUT2D eigenvalue weighted by molar-refractivity contribution is 6.30. The first-order chi connectivity index (χ1) is 13.1. The number of aryl methyl sites for hydroxylation is 1. The molecule has 0 aliphatic rings. The predicted molar refractivity (Wildman–Crippen MR) is 108 cm³/mol. The highest BCUT2D eigenvalue weighted by atomic mass is 35.5. The molecule has 0 amide bonds. The second-order valence-corrected chi connectivity index (χ2v) is 6.88. The van der Waals surface area contributed by atoms with Gasteiger partial charge in [-0.3, -0.25) is 0 Å². The quantitative estimate of drug-likeness (QED) is 0.448. The molecule has 0 bridgehead atoms. The van der Waals surface area contributed by atoms with Crippen molar-refractivity contribution < 1.29 is 9.53 Å². The lowest BCUT2D eigenvalue weighted by Crippen LogP contribution is -2.09. The lowest BCUT2D eigenvalue weighted by atomic mass is 10.1. The standard InChI is InChI=1S/C22H19ClN2O2/c1-3-27-22(26)19-12-18-17-9-4-5-10-20(17)25(21(18)14(2)24-19)13-15-7-6-8-16(23)11-15/h4-12H,3,13H2,1-2H3. The van der Waals surface area contributed by atoms with Gasteiger partial charge in [-0.05, 0) is 43.7 Å². The van der Waals surface area contributed by atoms with Gasteiger partial charge in [0.25, 0.3) is 0 Å². The van der Waals surface area contributed by atoms with E-state index in [0.717, 1.165) is 33.1 Å². The van der Waals surface area contributed by atoms with Gasteiger partial charge in [0.2, 0.25) is 0 Å². The topological polar surface area (TPSA) is 44.1 Å². The SMILES string of the molecule is CCOC(=O)c1cc2c3ccccc3n(Cc3cccc(Cl)c3)c2c(C)n1. The van der Waals surface area contributed by atoms with Gasteiger partial charge in [0, 0.05) is 27.9 Å². The van der Waals surface area contributed by atoms with Gasteiger partial charge in [-0.15, -0.1) is 0 Å². The van der Waals surface area contributed by atoms with E-state index in [1.807, 2.05) is 43.3 Å². The molecule has 0 aliphatic heterocycles. The molecule has 0 unspecified atom stereocenters. The van der Waals surface area contributed by atoms with Crippen LogP contribution < -0.4 is 0 Å². The van der Waals surface area contributed by atoms with Gasteiger partial charge < -0.3 is 9.30 Å². The molecule has 2 aromatic heterocycles. The summed E-state index contributed by atoms with van der Waals surface area (Å²) in [5.74, 6) is -0.394. The summed E-state index contributed by atoms with van der Waals surface area (Å²) in [4.78, 5) is 16.7. The van der Waals surface area contributed by atoms with Crippen molar-refractivity contribution in [3.63, 3.8) is 0 Å². The first-order valence-corrected chi connectivity index (χ1v) is 9.26. The van der Waals surface area contributed by atoms with Gasteiger partial charge in [0.05, 0.1) is 17.8 Å². The maximum Gasteiger partial charge on any atom is 0.356 e. The first-order valence-electron chi connectivity index (χ1n) is 8.88. The van der Waals surface area contributed by atoms with Crippen LogP contribution in [0.25, 0.3) is 21.8 Å². The van der Waals surface area contributed by atoms with E-state index in [9.17, 15) is 4.79 Å². The van der Waals surface area contributed by atoms with Crippen molar-refractivity contribution in [2.75, 3.05) is 6.61 Å². The summed E-state index contributed by atoms with van der Waals surface area (Å²) in [5.41, 5.74) is 4.36. The monoisotopic (exact) mass is 378 g/mol. The van der Waals surface area contributed by atoms with Crippen LogP contribution in [0.3, 0.4) is 0 Å². The van der Waals surface area contributed by atoms with E-state index >= 15 is 0 Å². The van der Waals surface area contributed by atoms with E-state index in [4.69, 9.17) is 16.3 Å². The van der Waals surface area contributed by atoms with Crippen LogP contribution in [-0.2, 0) is 11.3 Å². The molecular weight excluding hydrogens is 360 g/mol. The van der Waals surface area contributed by atoms with Crippen LogP contribution in [-0.4, -0.2) is 22.1 Å². The lowest BCUT2D eigenvalue weighted by molar-refractivity contribution is 0.0519. The molecule has 0 aliphatic carbocycles. The number of carbonyl (C=O) groups excluding carboxylic acids is 1. The minimum atomic E-state index is -0.394. The molecule has 0 saturated heterocycles. The molecule has 0 spiro atoms. The number of halogens is 1. The van der Waals surface area contributed by atoms with Gasteiger partial charge in [-0.1, -0.05) is 41.9 Å². The van der Waals surface area contributed by atoms with Crippen LogP contribution in [0, 0.1) is 6.92 Å². The Morgan fingerprint density at radius 3 is 2.70 bits per heavy atom. The van der Waals surface area contributed by atoms with Crippen LogP contribution in [0.2, 0.25) is 5.02 Å². The van der Waals surface area contributed by atoms with Crippen LogP contribution in [0.15, 0.2) is 54.6 Å². The Balaban J connectivity index is 1.96. The Morgan fingerprint density at radius 2 is 1.93 bits per heavy atom. The van der Waals surface area contributed by atoms with Crippen molar-refractivity contribution in [2.45, 2.75) is 20.4 Å². The number of aromatic nitrogens is 2. The number of benzene rings is 2. The van der Waals surface area contributed by atoms with E-state index in [2.05, 4.69) is 27.8 Å². The summed E-state index contributed by atoms with van der Waals surface area (Å²) < 4.78 is 7.37. The molecule has 2 heterocycles. The Hall–Kier alpha value is -2.85. The molecule has 27 heavy (non-hydrogen) atoms. The maximum absolute atomic E-state index is 12.2. The average molecular weight is 379 g/mol. The molecule has 0 N–H and O–H groups in total. The molecule has 4 aromatic rings. The van der Waals surface area contributed by atoms with Crippen molar-refractivity contribution in [3.05, 3.63) is 76.6 Å². The Morgan fingerprint density at radius 1 is 1.11 bits per heavy atom. The van der Waals surface area contributed by atoms with Crippen LogP contribution in [0.5, 0.6) is 0 Å². The molecule has 4 rings (SSSR count). The third-order valence-electron chi connectivity index (χ3n) is 4.64. The van der Waals surface area contributed by atoms with E-state index in [0.29, 0.717) is 23.9 Å². The summed E-state index contributed by atoms with van der Waals surface area (Å²) in [6, 6.07) is 17.9. The third kappa shape index (κ3) is 3.17. The molecule has 0 fully saturated rings. The van der Waals surface area contributed by atoms with E-state index < -0.39 is 5.97 Å². The highest BCUT2D eigenvalue weighted by Gasteiger charge is 2.18. The van der Waals surface area contributed by atoms with E-state index in [-0.39, 0.29) is 0 Å². The third-order valence-corrected chi connectivity index (χ3v) is 4.87. The van der Waals surface area contributed by atoms with Crippen molar-refractivity contribution in [2.24, 2.45) is 0 Å². The largest absolute Gasteiger partial charge is 0.461 e. The molecule has 2 aromatic carbocycles. The summed E-state index contributed by atoms with van der Waals surface area (Å²) in [7, 11) is 0. The Kier molecular flexibility index (Phi) is 4.58. The maximum atomic E-state index is 12.2. The van der Waals surface area contributed by atoms with E-state index in [1.54, 1.807) is 6.92 Å². The normalized spacial score (nSPS) is 11.2. The zero-order valence-electron chi connectivity index (χ0n) is 15.2. The second kappa shape index (κ2) is 7.05. The number of carbonyl (C=O) groups is 1. The van der Waals surface area contributed by atoms with Crippen LogP contribution in [0.1, 0.15) is 28.7 Å². The summed E-state index contributed by atoms with van der Waals surface area (Å²) in [6.07, 6.45) is 0. The van der Waals surface area contributed by atoms with Gasteiger partial charge >= 0.3 is 5.97 Å². The number of hydrogen-bond donors (Lipinski definition) is 0. The zero-order chi connectivity index (χ0) is 19.0. The molecule has 0 radical (unpaired) electrons. The van der Waals surface area contributed by atoms with Crippen molar-refractivity contribution in [1.82, 2.24) is 9.55 Å². The minimum absolute atomic E-state index is 0.328. The summed E-state index contributed by atoms with van der Waals surface area (Å²) >= 11 is 6.17. The predicted octanol–water partition coefficient (Wildman–Crippen LogP) is 5.38. The van der Waals surface area contributed by atoms with Gasteiger partial charge in [-0.2, -0.15) is 0 Å². The van der Waals surface area contributed by atoms with Gasteiger partial charge in [0.15, 0.2) is 0 Å². The number of rotatable bonds is 4. The fourth-order valence-corrected chi connectivity index (χ4v) is 3.77. The van der Waals surface area contributed by atoms with Crippen molar-refractivity contribution >= 4 is 39.4 Å². The van der Waals surface area contributed by atoms with Crippen LogP contribution >= 0.6 is 11.6 Å². The number of pyridine rings is 1. The smallest absolute Gasteiger partial charge is 0.356 e. The number of esters is 1. The molecule has 4 nitrogen and oxygen atoms in total. The fourth-order valence-electron chi connectivity index (χ4n) is 3.56. The highest BCUT2D eigenvalue weighted by Crippen LogP contribution is 2.32. The Labute approximate surface area is 162 Å². The second-order valence-electron chi connectivity index (χ2n) is 6.44.